The molecule has 3 heteroatoms. The highest BCUT2D eigenvalue weighted by atomic mass is 15.3. The Bertz CT molecular complexity index is 431. The normalized spacial score (nSPS) is 17.3. The lowest BCUT2D eigenvalue weighted by Gasteiger charge is -2.17. The van der Waals surface area contributed by atoms with Gasteiger partial charge in [-0.25, -0.2) is 0 Å². The Labute approximate surface area is 116 Å². The minimum atomic E-state index is 0.232. The van der Waals surface area contributed by atoms with Crippen LogP contribution in [0.5, 0.6) is 0 Å². The number of aromatic nitrogens is 2. The average Bonchev–Trinajstić information content (AvgIpc) is 2.82. The molecule has 0 bridgehead atoms. The van der Waals surface area contributed by atoms with Crippen molar-refractivity contribution in [3.8, 4) is 0 Å². The van der Waals surface area contributed by atoms with Crippen molar-refractivity contribution >= 4 is 0 Å². The molecule has 1 aliphatic rings. The second kappa shape index (κ2) is 6.90. The maximum absolute atomic E-state index is 6.33. The van der Waals surface area contributed by atoms with Gasteiger partial charge in [0.05, 0.1) is 5.69 Å². The summed E-state index contributed by atoms with van der Waals surface area (Å²) in [5.74, 6) is 0. The Kier molecular flexibility index (Phi) is 5.20. The number of allylic oxidation sites excluding steroid dienone is 1. The van der Waals surface area contributed by atoms with Crippen molar-refractivity contribution in [3.05, 3.63) is 29.1 Å². The Morgan fingerprint density at radius 1 is 1.32 bits per heavy atom. The molecule has 0 fully saturated rings. The molecule has 3 nitrogen and oxygen atoms in total. The molecule has 1 heterocycles. The van der Waals surface area contributed by atoms with Crippen LogP contribution in [0.15, 0.2) is 17.7 Å². The van der Waals surface area contributed by atoms with Gasteiger partial charge in [0.25, 0.3) is 0 Å². The van der Waals surface area contributed by atoms with Crippen molar-refractivity contribution in [2.24, 2.45) is 5.73 Å². The molecular formula is C16H27N3. The van der Waals surface area contributed by atoms with Gasteiger partial charge in [-0.3, -0.25) is 4.68 Å². The standard InChI is InChI=1S/C16H27N3/c1-3-15-12-16(19(4-2)18-15)11-14(17)10-13-8-6-5-7-9-13/h8,12,14H,3-7,9-11,17H2,1-2H3. The van der Waals surface area contributed by atoms with E-state index in [0.29, 0.717) is 0 Å². The molecule has 2 rings (SSSR count). The van der Waals surface area contributed by atoms with Crippen molar-refractivity contribution in [2.45, 2.75) is 71.4 Å². The first kappa shape index (κ1) is 14.3. The molecule has 1 aliphatic carbocycles. The fourth-order valence-electron chi connectivity index (χ4n) is 2.89. The number of nitrogens with zero attached hydrogens (tertiary/aromatic N) is 2. The molecule has 2 N–H and O–H groups in total. The molecular weight excluding hydrogens is 234 g/mol. The Hall–Kier alpha value is -1.09. The molecule has 1 aromatic rings. The van der Waals surface area contributed by atoms with Crippen LogP contribution in [0.2, 0.25) is 0 Å². The molecule has 0 aliphatic heterocycles. The summed E-state index contributed by atoms with van der Waals surface area (Å²) in [6, 6.07) is 2.45. The lowest BCUT2D eigenvalue weighted by atomic mass is 9.93. The summed E-state index contributed by atoms with van der Waals surface area (Å²) in [7, 11) is 0. The fourth-order valence-corrected chi connectivity index (χ4v) is 2.89. The summed E-state index contributed by atoms with van der Waals surface area (Å²) < 4.78 is 2.11. The van der Waals surface area contributed by atoms with E-state index in [0.717, 1.165) is 25.8 Å². The van der Waals surface area contributed by atoms with Crippen molar-refractivity contribution in [1.82, 2.24) is 9.78 Å². The Balaban J connectivity index is 1.95. The third-order valence-electron chi connectivity index (χ3n) is 3.96. The second-order valence-corrected chi connectivity index (χ2v) is 5.57. The molecule has 0 aromatic carbocycles. The summed E-state index contributed by atoms with van der Waals surface area (Å²) in [6.07, 6.45) is 10.6. The van der Waals surface area contributed by atoms with Gasteiger partial charge in [0.2, 0.25) is 0 Å². The van der Waals surface area contributed by atoms with Crippen LogP contribution >= 0.6 is 0 Å². The lowest BCUT2D eigenvalue weighted by Crippen LogP contribution is -2.25. The predicted octanol–water partition coefficient (Wildman–Crippen LogP) is 3.23. The monoisotopic (exact) mass is 261 g/mol. The Morgan fingerprint density at radius 2 is 2.16 bits per heavy atom. The summed E-state index contributed by atoms with van der Waals surface area (Å²) in [4.78, 5) is 0. The van der Waals surface area contributed by atoms with Gasteiger partial charge >= 0.3 is 0 Å². The van der Waals surface area contributed by atoms with Crippen LogP contribution in [-0.4, -0.2) is 15.8 Å². The number of hydrogen-bond acceptors (Lipinski definition) is 2. The summed E-state index contributed by atoms with van der Waals surface area (Å²) in [5, 5.41) is 4.59. The third-order valence-corrected chi connectivity index (χ3v) is 3.96. The van der Waals surface area contributed by atoms with Crippen LogP contribution in [0, 0.1) is 0 Å². The highest BCUT2D eigenvalue weighted by molar-refractivity contribution is 5.14. The van der Waals surface area contributed by atoms with Crippen molar-refractivity contribution < 1.29 is 0 Å². The molecule has 19 heavy (non-hydrogen) atoms. The molecule has 0 radical (unpaired) electrons. The first-order chi connectivity index (χ1) is 9.22. The SMILES string of the molecule is CCc1cc(CC(N)CC2=CCCCC2)n(CC)n1. The van der Waals surface area contributed by atoms with Crippen molar-refractivity contribution in [3.63, 3.8) is 0 Å². The van der Waals surface area contributed by atoms with E-state index in [-0.39, 0.29) is 6.04 Å². The lowest BCUT2D eigenvalue weighted by molar-refractivity contribution is 0.558. The molecule has 0 saturated heterocycles. The topological polar surface area (TPSA) is 43.8 Å². The van der Waals surface area contributed by atoms with Crippen molar-refractivity contribution in [1.29, 1.82) is 0 Å². The van der Waals surface area contributed by atoms with Gasteiger partial charge in [-0.1, -0.05) is 18.6 Å². The number of hydrogen-bond donors (Lipinski definition) is 1. The molecule has 1 atom stereocenters. The zero-order valence-electron chi connectivity index (χ0n) is 12.4. The molecule has 0 amide bonds. The molecule has 0 spiro atoms. The number of aryl methyl sites for hydroxylation is 2. The molecule has 0 saturated carbocycles. The maximum atomic E-state index is 6.33. The van der Waals surface area contributed by atoms with E-state index in [4.69, 9.17) is 5.73 Å². The first-order valence-corrected chi connectivity index (χ1v) is 7.72. The molecule has 106 valence electrons. The van der Waals surface area contributed by atoms with E-state index < -0.39 is 0 Å². The number of rotatable bonds is 6. The fraction of sp³-hybridized carbons (Fsp3) is 0.688. The van der Waals surface area contributed by atoms with E-state index >= 15 is 0 Å². The van der Waals surface area contributed by atoms with Gasteiger partial charge in [-0.15, -0.1) is 0 Å². The van der Waals surface area contributed by atoms with Crippen LogP contribution < -0.4 is 5.73 Å². The quantitative estimate of drug-likeness (QED) is 0.799. The van der Waals surface area contributed by atoms with Crippen LogP contribution in [0.1, 0.15) is 57.3 Å². The number of nitrogens with two attached hydrogens (primary N) is 1. The summed E-state index contributed by atoms with van der Waals surface area (Å²) in [5.41, 5.74) is 10.4. The average molecular weight is 261 g/mol. The van der Waals surface area contributed by atoms with Crippen LogP contribution in [0.25, 0.3) is 0 Å². The van der Waals surface area contributed by atoms with E-state index in [2.05, 4.69) is 35.8 Å². The van der Waals surface area contributed by atoms with Gasteiger partial charge in [0, 0.05) is 24.7 Å². The van der Waals surface area contributed by atoms with Gasteiger partial charge < -0.3 is 5.73 Å². The zero-order valence-corrected chi connectivity index (χ0v) is 12.4. The van der Waals surface area contributed by atoms with Gasteiger partial charge in [-0.2, -0.15) is 5.10 Å². The summed E-state index contributed by atoms with van der Waals surface area (Å²) in [6.45, 7) is 5.23. The minimum absolute atomic E-state index is 0.232. The zero-order chi connectivity index (χ0) is 13.7. The molecule has 1 unspecified atom stereocenters. The van der Waals surface area contributed by atoms with E-state index in [1.54, 1.807) is 5.57 Å². The van der Waals surface area contributed by atoms with Gasteiger partial charge in [0.15, 0.2) is 0 Å². The van der Waals surface area contributed by atoms with E-state index in [1.165, 1.54) is 37.1 Å². The molecule has 1 aromatic heterocycles. The van der Waals surface area contributed by atoms with Crippen LogP contribution in [0.3, 0.4) is 0 Å². The van der Waals surface area contributed by atoms with Gasteiger partial charge in [0.1, 0.15) is 0 Å². The second-order valence-electron chi connectivity index (χ2n) is 5.57. The van der Waals surface area contributed by atoms with Crippen LogP contribution in [0.4, 0.5) is 0 Å². The van der Waals surface area contributed by atoms with Gasteiger partial charge in [-0.05, 0) is 51.5 Å². The highest BCUT2D eigenvalue weighted by Crippen LogP contribution is 2.22. The minimum Gasteiger partial charge on any atom is -0.327 e. The largest absolute Gasteiger partial charge is 0.327 e. The Morgan fingerprint density at radius 3 is 2.79 bits per heavy atom. The first-order valence-electron chi connectivity index (χ1n) is 7.72. The third kappa shape index (κ3) is 3.93. The van der Waals surface area contributed by atoms with E-state index in [9.17, 15) is 0 Å². The summed E-state index contributed by atoms with van der Waals surface area (Å²) >= 11 is 0. The maximum Gasteiger partial charge on any atom is 0.0624 e. The van der Waals surface area contributed by atoms with Crippen LogP contribution in [-0.2, 0) is 19.4 Å². The van der Waals surface area contributed by atoms with E-state index in [1.807, 2.05) is 0 Å². The smallest absolute Gasteiger partial charge is 0.0624 e. The highest BCUT2D eigenvalue weighted by Gasteiger charge is 2.13. The predicted molar refractivity (Wildman–Crippen MR) is 80.1 cm³/mol. The van der Waals surface area contributed by atoms with Crippen molar-refractivity contribution in [2.75, 3.05) is 0 Å².